The number of aromatic nitrogens is 3. The van der Waals surface area contributed by atoms with E-state index >= 15 is 0 Å². The fraction of sp³-hybridized carbons (Fsp3) is 0.647. The molecule has 8 heteroatoms. The van der Waals surface area contributed by atoms with Crippen molar-refractivity contribution < 1.29 is 9.59 Å². The maximum atomic E-state index is 12.8. The fourth-order valence-corrected chi connectivity index (χ4v) is 3.88. The van der Waals surface area contributed by atoms with Crippen LogP contribution >= 0.6 is 11.8 Å². The standard InChI is InChI=1S/C17H25N5O2S/c1-21-15(10-9-14(18)23)19-20-17(21)25-11-16(24)22(13-7-8-13)12-5-3-2-4-6-12/h5,13H,2-4,6-11H2,1H3,(H2,18,23). The highest BCUT2D eigenvalue weighted by Gasteiger charge is 2.35. The number of carbonyl (C=O) groups is 2. The Morgan fingerprint density at radius 3 is 2.80 bits per heavy atom. The first-order chi connectivity index (χ1) is 12.1. The van der Waals surface area contributed by atoms with Gasteiger partial charge in [0.15, 0.2) is 5.16 Å². The predicted molar refractivity (Wildman–Crippen MR) is 95.7 cm³/mol. The van der Waals surface area contributed by atoms with Crippen molar-refractivity contribution in [2.75, 3.05) is 5.75 Å². The first-order valence-corrected chi connectivity index (χ1v) is 9.85. The van der Waals surface area contributed by atoms with Gasteiger partial charge in [-0.15, -0.1) is 10.2 Å². The molecule has 0 atom stereocenters. The summed E-state index contributed by atoms with van der Waals surface area (Å²) in [7, 11) is 1.85. The average molecular weight is 363 g/mol. The van der Waals surface area contributed by atoms with Crippen LogP contribution in [0.3, 0.4) is 0 Å². The molecule has 2 amide bonds. The lowest BCUT2D eigenvalue weighted by Crippen LogP contribution is -2.34. The SMILES string of the molecule is Cn1c(CCC(N)=O)nnc1SCC(=O)N(C1=CCCCC1)C1CC1. The van der Waals surface area contributed by atoms with Crippen molar-refractivity contribution >= 4 is 23.6 Å². The Labute approximate surface area is 152 Å². The molecule has 3 rings (SSSR count). The van der Waals surface area contributed by atoms with Crippen molar-refractivity contribution in [3.05, 3.63) is 17.6 Å². The minimum absolute atomic E-state index is 0.155. The molecule has 25 heavy (non-hydrogen) atoms. The monoisotopic (exact) mass is 363 g/mol. The Kier molecular flexibility index (Phi) is 5.78. The average Bonchev–Trinajstić information content (AvgIpc) is 3.36. The zero-order valence-corrected chi connectivity index (χ0v) is 15.4. The molecule has 1 heterocycles. The van der Waals surface area contributed by atoms with Gasteiger partial charge in [0.2, 0.25) is 11.8 Å². The highest BCUT2D eigenvalue weighted by Crippen LogP contribution is 2.34. The van der Waals surface area contributed by atoms with Crippen molar-refractivity contribution in [2.45, 2.75) is 62.6 Å². The van der Waals surface area contributed by atoms with E-state index in [-0.39, 0.29) is 18.2 Å². The Hall–Kier alpha value is -1.83. The smallest absolute Gasteiger partial charge is 0.237 e. The predicted octanol–water partition coefficient (Wildman–Crippen LogP) is 1.77. The van der Waals surface area contributed by atoms with Crippen LogP contribution in [0, 0.1) is 0 Å². The van der Waals surface area contributed by atoms with Gasteiger partial charge in [0, 0.05) is 31.6 Å². The summed E-state index contributed by atoms with van der Waals surface area (Å²) < 4.78 is 1.84. The van der Waals surface area contributed by atoms with Gasteiger partial charge in [0.1, 0.15) is 5.82 Å². The molecule has 0 bridgehead atoms. The van der Waals surface area contributed by atoms with Gasteiger partial charge in [-0.2, -0.15) is 0 Å². The molecule has 2 aliphatic rings. The van der Waals surface area contributed by atoms with Gasteiger partial charge < -0.3 is 15.2 Å². The lowest BCUT2D eigenvalue weighted by atomic mass is 10.0. The summed E-state index contributed by atoms with van der Waals surface area (Å²) in [4.78, 5) is 25.7. The quantitative estimate of drug-likeness (QED) is 0.711. The maximum Gasteiger partial charge on any atom is 0.237 e. The second-order valence-electron chi connectivity index (χ2n) is 6.65. The van der Waals surface area contributed by atoms with Crippen molar-refractivity contribution in [2.24, 2.45) is 12.8 Å². The number of carbonyl (C=O) groups excluding carboxylic acids is 2. The topological polar surface area (TPSA) is 94.1 Å². The van der Waals surface area contributed by atoms with E-state index in [1.54, 1.807) is 0 Å². The maximum absolute atomic E-state index is 12.8. The number of thioether (sulfide) groups is 1. The number of hydrogen-bond donors (Lipinski definition) is 1. The van der Waals surface area contributed by atoms with Gasteiger partial charge >= 0.3 is 0 Å². The number of nitrogens with zero attached hydrogens (tertiary/aromatic N) is 4. The Morgan fingerprint density at radius 2 is 2.16 bits per heavy atom. The molecule has 0 radical (unpaired) electrons. The molecule has 1 fully saturated rings. The van der Waals surface area contributed by atoms with E-state index in [0.29, 0.717) is 29.2 Å². The number of amides is 2. The molecule has 1 aromatic rings. The highest BCUT2D eigenvalue weighted by atomic mass is 32.2. The van der Waals surface area contributed by atoms with Crippen molar-refractivity contribution in [1.82, 2.24) is 19.7 Å². The van der Waals surface area contributed by atoms with E-state index in [0.717, 1.165) is 25.7 Å². The van der Waals surface area contributed by atoms with Gasteiger partial charge in [-0.1, -0.05) is 17.8 Å². The Balaban J connectivity index is 1.59. The first kappa shape index (κ1) is 18.0. The van der Waals surface area contributed by atoms with Crippen LogP contribution in [0.25, 0.3) is 0 Å². The fourth-order valence-electron chi connectivity index (χ4n) is 3.09. The zero-order valence-electron chi connectivity index (χ0n) is 14.6. The highest BCUT2D eigenvalue weighted by molar-refractivity contribution is 7.99. The van der Waals surface area contributed by atoms with Gasteiger partial charge in [-0.3, -0.25) is 9.59 Å². The number of primary amides is 1. The minimum Gasteiger partial charge on any atom is -0.370 e. The lowest BCUT2D eigenvalue weighted by molar-refractivity contribution is -0.127. The largest absolute Gasteiger partial charge is 0.370 e. The molecular formula is C17H25N5O2S. The summed E-state index contributed by atoms with van der Waals surface area (Å²) in [5, 5.41) is 8.93. The third-order valence-corrected chi connectivity index (χ3v) is 5.61. The molecule has 2 aliphatic carbocycles. The molecule has 0 aliphatic heterocycles. The van der Waals surface area contributed by atoms with Crippen molar-refractivity contribution in [3.8, 4) is 0 Å². The second-order valence-corrected chi connectivity index (χ2v) is 7.59. The third kappa shape index (κ3) is 4.62. The summed E-state index contributed by atoms with van der Waals surface area (Å²) in [5.41, 5.74) is 6.38. The van der Waals surface area contributed by atoms with Gasteiger partial charge in [-0.25, -0.2) is 0 Å². The van der Waals surface area contributed by atoms with Crippen LogP contribution in [0.4, 0.5) is 0 Å². The van der Waals surface area contributed by atoms with Crippen LogP contribution in [0.5, 0.6) is 0 Å². The molecule has 0 saturated heterocycles. The summed E-state index contributed by atoms with van der Waals surface area (Å²) >= 11 is 1.40. The van der Waals surface area contributed by atoms with Crippen LogP contribution in [-0.2, 0) is 23.1 Å². The van der Waals surface area contributed by atoms with Gasteiger partial charge in [0.05, 0.1) is 5.75 Å². The van der Waals surface area contributed by atoms with Gasteiger partial charge in [0.25, 0.3) is 0 Å². The van der Waals surface area contributed by atoms with Gasteiger partial charge in [-0.05, 0) is 38.5 Å². The number of hydrogen-bond acceptors (Lipinski definition) is 5. The summed E-state index contributed by atoms with van der Waals surface area (Å²) in [5.74, 6) is 0.869. The number of rotatable bonds is 8. The van der Waals surface area contributed by atoms with E-state index in [1.807, 2.05) is 16.5 Å². The molecule has 0 spiro atoms. The molecule has 2 N–H and O–H groups in total. The first-order valence-electron chi connectivity index (χ1n) is 8.86. The van der Waals surface area contributed by atoms with E-state index in [2.05, 4.69) is 16.3 Å². The molecule has 7 nitrogen and oxygen atoms in total. The summed E-state index contributed by atoms with van der Waals surface area (Å²) in [6, 6.07) is 0.392. The summed E-state index contributed by atoms with van der Waals surface area (Å²) in [6.45, 7) is 0. The number of nitrogens with two attached hydrogens (primary N) is 1. The van der Waals surface area contributed by atoms with Crippen molar-refractivity contribution in [1.29, 1.82) is 0 Å². The molecule has 1 aromatic heterocycles. The van der Waals surface area contributed by atoms with Crippen LogP contribution in [0.2, 0.25) is 0 Å². The molecule has 0 unspecified atom stereocenters. The number of aryl methyl sites for hydroxylation is 1. The molecule has 136 valence electrons. The Morgan fingerprint density at radius 1 is 1.36 bits per heavy atom. The summed E-state index contributed by atoms with van der Waals surface area (Å²) in [6.07, 6.45) is 9.63. The number of allylic oxidation sites excluding steroid dienone is 2. The molecular weight excluding hydrogens is 338 g/mol. The van der Waals surface area contributed by atoms with Crippen LogP contribution in [0.1, 0.15) is 50.8 Å². The van der Waals surface area contributed by atoms with E-state index < -0.39 is 0 Å². The zero-order chi connectivity index (χ0) is 17.8. The second kappa shape index (κ2) is 8.03. The normalized spacial score (nSPS) is 17.2. The van der Waals surface area contributed by atoms with Crippen LogP contribution in [-0.4, -0.2) is 43.3 Å². The Bertz CT molecular complexity index is 681. The van der Waals surface area contributed by atoms with E-state index in [4.69, 9.17) is 5.73 Å². The van der Waals surface area contributed by atoms with Crippen molar-refractivity contribution in [3.63, 3.8) is 0 Å². The molecule has 0 aromatic carbocycles. The van der Waals surface area contributed by atoms with E-state index in [9.17, 15) is 9.59 Å². The lowest BCUT2D eigenvalue weighted by Gasteiger charge is -2.27. The van der Waals surface area contributed by atoms with E-state index in [1.165, 1.54) is 30.3 Å². The van der Waals surface area contributed by atoms with Crippen LogP contribution in [0.15, 0.2) is 16.9 Å². The van der Waals surface area contributed by atoms with Crippen LogP contribution < -0.4 is 5.73 Å². The molecule has 1 saturated carbocycles. The minimum atomic E-state index is -0.354. The third-order valence-electron chi connectivity index (χ3n) is 4.60.